The van der Waals surface area contributed by atoms with E-state index in [1.54, 1.807) is 23.0 Å². The number of nitrogens with zero attached hydrogens (tertiary/aromatic N) is 3. The summed E-state index contributed by atoms with van der Waals surface area (Å²) in [6.45, 7) is -0.176. The van der Waals surface area contributed by atoms with Gasteiger partial charge in [-0.1, -0.05) is 35.6 Å². The maximum Gasteiger partial charge on any atom is 0.255 e. The van der Waals surface area contributed by atoms with Gasteiger partial charge in [-0.25, -0.2) is 4.98 Å². The summed E-state index contributed by atoms with van der Waals surface area (Å²) in [6.07, 6.45) is 2.10. The van der Waals surface area contributed by atoms with E-state index in [0.717, 1.165) is 21.3 Å². The number of nitrogens with one attached hydrogen (secondary N) is 1. The van der Waals surface area contributed by atoms with Gasteiger partial charge in [0, 0.05) is 17.9 Å². The number of nitrogens with two attached hydrogens (primary N) is 1. The van der Waals surface area contributed by atoms with Gasteiger partial charge in [-0.2, -0.15) is 9.78 Å². The second-order valence-corrected chi connectivity index (χ2v) is 7.96. The molecule has 0 saturated carbocycles. The first-order chi connectivity index (χ1) is 14.6. The molecule has 4 aromatic rings. The van der Waals surface area contributed by atoms with E-state index in [0.29, 0.717) is 23.1 Å². The number of carbonyl (C=O) groups excluding carboxylic acids is 2. The average molecular weight is 419 g/mol. The Morgan fingerprint density at radius 1 is 1.23 bits per heavy atom. The minimum absolute atomic E-state index is 0.0792. The van der Waals surface area contributed by atoms with Gasteiger partial charge in [0.05, 0.1) is 16.4 Å². The van der Waals surface area contributed by atoms with Crippen molar-refractivity contribution in [1.82, 2.24) is 14.8 Å². The molecule has 0 unspecified atom stereocenters. The predicted octanol–water partition coefficient (Wildman–Crippen LogP) is 2.82. The third kappa shape index (κ3) is 3.29. The second kappa shape index (κ2) is 7.27. The van der Waals surface area contributed by atoms with Crippen LogP contribution in [0, 0.1) is 0 Å². The monoisotopic (exact) mass is 419 g/mol. The van der Waals surface area contributed by atoms with E-state index in [1.165, 1.54) is 11.3 Å². The van der Waals surface area contributed by atoms with Gasteiger partial charge in [-0.05, 0) is 29.8 Å². The highest BCUT2D eigenvalue weighted by molar-refractivity contribution is 7.20. The number of fused-ring (bicyclic) bond motifs is 2. The highest BCUT2D eigenvalue weighted by Gasteiger charge is 2.31. The molecule has 9 heteroatoms. The van der Waals surface area contributed by atoms with Crippen LogP contribution >= 0.6 is 11.3 Å². The van der Waals surface area contributed by atoms with Gasteiger partial charge in [-0.15, -0.1) is 0 Å². The van der Waals surface area contributed by atoms with Crippen LogP contribution in [0.2, 0.25) is 0 Å². The number of hydrogen-bond donors (Lipinski definition) is 2. The van der Waals surface area contributed by atoms with Crippen LogP contribution in [0.5, 0.6) is 5.75 Å². The summed E-state index contributed by atoms with van der Waals surface area (Å²) in [5.41, 5.74) is 7.89. The Labute approximate surface area is 175 Å². The number of amides is 2. The highest BCUT2D eigenvalue weighted by Crippen LogP contribution is 2.39. The molecule has 1 aliphatic heterocycles. The summed E-state index contributed by atoms with van der Waals surface area (Å²) in [4.78, 5) is 28.0. The Kier molecular flexibility index (Phi) is 4.44. The Morgan fingerprint density at radius 3 is 2.80 bits per heavy atom. The fraction of sp³-hybridized carbons (Fsp3) is 0.143. The lowest BCUT2D eigenvalue weighted by Gasteiger charge is -2.23. The molecule has 1 aliphatic rings. The molecule has 3 N–H and O–H groups in total. The van der Waals surface area contributed by atoms with E-state index >= 15 is 0 Å². The van der Waals surface area contributed by atoms with Crippen molar-refractivity contribution in [3.63, 3.8) is 0 Å². The normalized spacial score (nSPS) is 15.6. The van der Waals surface area contributed by atoms with Crippen LogP contribution in [0.3, 0.4) is 0 Å². The van der Waals surface area contributed by atoms with Crippen LogP contribution in [0.25, 0.3) is 15.3 Å². The Balaban J connectivity index is 1.49. The van der Waals surface area contributed by atoms with Crippen molar-refractivity contribution in [2.75, 3.05) is 11.9 Å². The van der Waals surface area contributed by atoms with Gasteiger partial charge in [0.2, 0.25) is 11.0 Å². The van der Waals surface area contributed by atoms with Crippen molar-refractivity contribution in [2.24, 2.45) is 5.73 Å². The zero-order valence-corrected chi connectivity index (χ0v) is 16.6. The van der Waals surface area contributed by atoms with Crippen LogP contribution in [0.15, 0.2) is 54.7 Å². The van der Waals surface area contributed by atoms with E-state index in [4.69, 9.17) is 10.5 Å². The maximum atomic E-state index is 12.5. The number of anilines is 1. The van der Waals surface area contributed by atoms with Crippen molar-refractivity contribution in [2.45, 2.75) is 12.3 Å². The molecule has 0 radical (unpaired) electrons. The van der Waals surface area contributed by atoms with Crippen molar-refractivity contribution in [3.8, 4) is 10.9 Å². The van der Waals surface area contributed by atoms with Crippen LogP contribution < -0.4 is 15.8 Å². The number of primary amides is 1. The molecule has 3 heterocycles. The lowest BCUT2D eigenvalue weighted by atomic mass is 9.87. The summed E-state index contributed by atoms with van der Waals surface area (Å²) in [5, 5.41) is 8.16. The van der Waals surface area contributed by atoms with Crippen LogP contribution in [0.1, 0.15) is 23.5 Å². The molecule has 0 bridgehead atoms. The number of carbonyl (C=O) groups is 2. The topological polar surface area (TPSA) is 112 Å². The van der Waals surface area contributed by atoms with E-state index in [-0.39, 0.29) is 18.4 Å². The molecule has 2 aromatic heterocycles. The van der Waals surface area contributed by atoms with Crippen LogP contribution in [-0.2, 0) is 9.59 Å². The summed E-state index contributed by atoms with van der Waals surface area (Å²) >= 11 is 1.52. The summed E-state index contributed by atoms with van der Waals surface area (Å²) in [7, 11) is 0. The molecule has 1 atom stereocenters. The third-order valence-electron chi connectivity index (χ3n) is 4.95. The summed E-state index contributed by atoms with van der Waals surface area (Å²) in [6, 6.07) is 15.2. The molecule has 0 fully saturated rings. The molecule has 8 nitrogen and oxygen atoms in total. The lowest BCUT2D eigenvalue weighted by molar-refractivity contribution is -0.120. The molecule has 0 spiro atoms. The summed E-state index contributed by atoms with van der Waals surface area (Å²) < 4.78 is 8.06. The van der Waals surface area contributed by atoms with Crippen molar-refractivity contribution < 1.29 is 14.3 Å². The number of ether oxygens (including phenoxy) is 1. The minimum Gasteiger partial charge on any atom is -0.484 e. The molecular formula is C21H17N5O3S. The number of hydrogen-bond acceptors (Lipinski definition) is 6. The minimum atomic E-state index is -0.532. The predicted molar refractivity (Wildman–Crippen MR) is 113 cm³/mol. The van der Waals surface area contributed by atoms with E-state index in [1.807, 2.05) is 36.4 Å². The van der Waals surface area contributed by atoms with E-state index in [2.05, 4.69) is 15.4 Å². The first-order valence-electron chi connectivity index (χ1n) is 9.33. The molecule has 150 valence electrons. The molecule has 0 aliphatic carbocycles. The largest absolute Gasteiger partial charge is 0.484 e. The quantitative estimate of drug-likeness (QED) is 0.517. The van der Waals surface area contributed by atoms with Gasteiger partial charge in [0.25, 0.3) is 5.91 Å². The van der Waals surface area contributed by atoms with Crippen LogP contribution in [0.4, 0.5) is 5.82 Å². The SMILES string of the molecule is NC(=O)COc1ccc([C@H]2CC(=O)Nc3c2cnn3-c2nc3ccccc3s2)cc1. The van der Waals surface area contributed by atoms with Gasteiger partial charge in [-0.3, -0.25) is 9.59 Å². The zero-order chi connectivity index (χ0) is 20.7. The second-order valence-electron chi connectivity index (χ2n) is 6.95. The number of aromatic nitrogens is 3. The Bertz CT molecular complexity index is 1230. The number of thiazole rings is 1. The van der Waals surface area contributed by atoms with E-state index in [9.17, 15) is 9.59 Å². The fourth-order valence-electron chi connectivity index (χ4n) is 3.56. The van der Waals surface area contributed by atoms with Gasteiger partial charge in [0.15, 0.2) is 6.61 Å². The Hall–Kier alpha value is -3.72. The van der Waals surface area contributed by atoms with Crippen molar-refractivity contribution in [3.05, 3.63) is 65.9 Å². The summed E-state index contributed by atoms with van der Waals surface area (Å²) in [5.74, 6) is 0.439. The molecule has 2 amide bonds. The molecule has 5 rings (SSSR count). The smallest absolute Gasteiger partial charge is 0.255 e. The number of benzene rings is 2. The van der Waals surface area contributed by atoms with Gasteiger partial charge >= 0.3 is 0 Å². The molecule has 30 heavy (non-hydrogen) atoms. The molecular weight excluding hydrogens is 402 g/mol. The van der Waals surface area contributed by atoms with Crippen molar-refractivity contribution >= 4 is 39.2 Å². The van der Waals surface area contributed by atoms with Gasteiger partial charge < -0.3 is 15.8 Å². The standard InChI is InChI=1S/C21H17N5O3S/c22-18(27)11-29-13-7-5-12(6-8-13)14-9-19(28)25-20-15(14)10-23-26(20)21-24-16-3-1-2-4-17(16)30-21/h1-8,10,14H,9,11H2,(H2,22,27)(H,25,28)/t14-/m1/s1. The maximum absolute atomic E-state index is 12.5. The third-order valence-corrected chi connectivity index (χ3v) is 5.96. The highest BCUT2D eigenvalue weighted by atomic mass is 32.1. The molecule has 2 aromatic carbocycles. The first kappa shape index (κ1) is 18.3. The van der Waals surface area contributed by atoms with E-state index < -0.39 is 5.91 Å². The lowest BCUT2D eigenvalue weighted by Crippen LogP contribution is -2.24. The van der Waals surface area contributed by atoms with Crippen molar-refractivity contribution in [1.29, 1.82) is 0 Å². The number of para-hydroxylation sites is 1. The van der Waals surface area contributed by atoms with Crippen LogP contribution in [-0.4, -0.2) is 33.2 Å². The fourth-order valence-corrected chi connectivity index (χ4v) is 4.49. The number of rotatable bonds is 5. The molecule has 0 saturated heterocycles. The first-order valence-corrected chi connectivity index (χ1v) is 10.1. The zero-order valence-electron chi connectivity index (χ0n) is 15.7. The average Bonchev–Trinajstić information content (AvgIpc) is 3.35. The van der Waals surface area contributed by atoms with Gasteiger partial charge in [0.1, 0.15) is 11.6 Å². The Morgan fingerprint density at radius 2 is 2.03 bits per heavy atom.